The van der Waals surface area contributed by atoms with Gasteiger partial charge in [0.15, 0.2) is 5.65 Å². The number of hydrogen-bond acceptors (Lipinski definition) is 5. The molecular weight excluding hydrogens is 321 g/mol. The number of anilines is 2. The van der Waals surface area contributed by atoms with E-state index in [0.717, 1.165) is 11.4 Å². The van der Waals surface area contributed by atoms with Gasteiger partial charge in [0.2, 0.25) is 0 Å². The SMILES string of the molecule is COc1cccc(Nc2ncnc3c2cnn3-c2ccccc2F)c1. The van der Waals surface area contributed by atoms with Gasteiger partial charge in [-0.15, -0.1) is 0 Å². The summed E-state index contributed by atoms with van der Waals surface area (Å²) in [7, 11) is 1.61. The Hall–Kier alpha value is -3.48. The molecular formula is C18H14FN5O. The first-order valence-electron chi connectivity index (χ1n) is 7.61. The molecule has 4 aromatic rings. The summed E-state index contributed by atoms with van der Waals surface area (Å²) in [6.07, 6.45) is 3.04. The Morgan fingerprint density at radius 3 is 2.80 bits per heavy atom. The molecule has 0 aliphatic carbocycles. The van der Waals surface area contributed by atoms with Crippen molar-refractivity contribution in [3.05, 3.63) is 66.9 Å². The van der Waals surface area contributed by atoms with Gasteiger partial charge in [0.05, 0.1) is 18.7 Å². The molecule has 124 valence electrons. The minimum Gasteiger partial charge on any atom is -0.497 e. The van der Waals surface area contributed by atoms with Crippen molar-refractivity contribution in [2.45, 2.75) is 0 Å². The third-order valence-electron chi connectivity index (χ3n) is 3.78. The fourth-order valence-electron chi connectivity index (χ4n) is 2.58. The van der Waals surface area contributed by atoms with Gasteiger partial charge < -0.3 is 10.1 Å². The number of para-hydroxylation sites is 1. The van der Waals surface area contributed by atoms with E-state index in [1.54, 1.807) is 31.5 Å². The van der Waals surface area contributed by atoms with E-state index < -0.39 is 0 Å². The molecule has 0 bridgehead atoms. The summed E-state index contributed by atoms with van der Waals surface area (Å²) in [6, 6.07) is 13.9. The summed E-state index contributed by atoms with van der Waals surface area (Å²) in [5.74, 6) is 0.951. The van der Waals surface area contributed by atoms with Crippen molar-refractivity contribution in [1.29, 1.82) is 0 Å². The lowest BCUT2D eigenvalue weighted by Gasteiger charge is -2.08. The van der Waals surface area contributed by atoms with E-state index in [0.29, 0.717) is 22.5 Å². The van der Waals surface area contributed by atoms with Gasteiger partial charge >= 0.3 is 0 Å². The maximum absolute atomic E-state index is 14.1. The minimum absolute atomic E-state index is 0.337. The summed E-state index contributed by atoms with van der Waals surface area (Å²) < 4.78 is 20.8. The van der Waals surface area contributed by atoms with Crippen molar-refractivity contribution < 1.29 is 9.13 Å². The zero-order valence-electron chi connectivity index (χ0n) is 13.3. The molecule has 0 unspecified atom stereocenters. The Balaban J connectivity index is 1.78. The van der Waals surface area contributed by atoms with E-state index >= 15 is 0 Å². The molecule has 0 amide bonds. The highest BCUT2D eigenvalue weighted by Gasteiger charge is 2.13. The number of ether oxygens (including phenoxy) is 1. The van der Waals surface area contributed by atoms with Crippen LogP contribution in [0.5, 0.6) is 5.75 Å². The third-order valence-corrected chi connectivity index (χ3v) is 3.78. The highest BCUT2D eigenvalue weighted by atomic mass is 19.1. The summed E-state index contributed by atoms with van der Waals surface area (Å²) in [5, 5.41) is 8.18. The average molecular weight is 335 g/mol. The van der Waals surface area contributed by atoms with Crippen LogP contribution in [0, 0.1) is 5.82 Å². The van der Waals surface area contributed by atoms with E-state index in [9.17, 15) is 4.39 Å². The third kappa shape index (κ3) is 2.76. The minimum atomic E-state index is -0.367. The smallest absolute Gasteiger partial charge is 0.168 e. The van der Waals surface area contributed by atoms with Crippen LogP contribution in [0.2, 0.25) is 0 Å². The summed E-state index contributed by atoms with van der Waals surface area (Å²) in [4.78, 5) is 8.53. The van der Waals surface area contributed by atoms with E-state index in [-0.39, 0.29) is 5.82 Å². The lowest BCUT2D eigenvalue weighted by molar-refractivity contribution is 0.415. The molecule has 0 aliphatic rings. The van der Waals surface area contributed by atoms with Crippen LogP contribution in [0.3, 0.4) is 0 Å². The number of fused-ring (bicyclic) bond motifs is 1. The van der Waals surface area contributed by atoms with Crippen LogP contribution in [0.1, 0.15) is 0 Å². The molecule has 1 N–H and O–H groups in total. The Labute approximate surface area is 142 Å². The standard InChI is InChI=1S/C18H14FN5O/c1-25-13-6-4-5-12(9-13)23-17-14-10-22-24(18(14)21-11-20-17)16-8-3-2-7-15(16)19/h2-11H,1H3,(H,20,21,23). The van der Waals surface area contributed by atoms with Crippen LogP contribution in [0.4, 0.5) is 15.9 Å². The van der Waals surface area contributed by atoms with Gasteiger partial charge in [-0.3, -0.25) is 0 Å². The molecule has 25 heavy (non-hydrogen) atoms. The maximum Gasteiger partial charge on any atom is 0.168 e. The molecule has 0 atom stereocenters. The van der Waals surface area contributed by atoms with Crippen molar-refractivity contribution in [2.75, 3.05) is 12.4 Å². The molecule has 0 fully saturated rings. The lowest BCUT2D eigenvalue weighted by Crippen LogP contribution is -2.01. The van der Waals surface area contributed by atoms with Crippen LogP contribution in [-0.2, 0) is 0 Å². The molecule has 2 aromatic carbocycles. The van der Waals surface area contributed by atoms with Crippen LogP contribution in [0.15, 0.2) is 61.1 Å². The highest BCUT2D eigenvalue weighted by Crippen LogP contribution is 2.26. The monoisotopic (exact) mass is 335 g/mol. The summed E-state index contributed by atoms with van der Waals surface area (Å²) in [6.45, 7) is 0. The molecule has 2 aromatic heterocycles. The largest absolute Gasteiger partial charge is 0.497 e. The second-order valence-electron chi connectivity index (χ2n) is 5.32. The molecule has 0 spiro atoms. The number of benzene rings is 2. The zero-order valence-corrected chi connectivity index (χ0v) is 13.3. The van der Waals surface area contributed by atoms with Crippen molar-refractivity contribution in [2.24, 2.45) is 0 Å². The number of halogens is 1. The van der Waals surface area contributed by atoms with Gasteiger partial charge in [-0.05, 0) is 24.3 Å². The van der Waals surface area contributed by atoms with Crippen molar-refractivity contribution in [3.8, 4) is 11.4 Å². The van der Waals surface area contributed by atoms with E-state index in [1.165, 1.54) is 17.1 Å². The van der Waals surface area contributed by atoms with Crippen molar-refractivity contribution in [1.82, 2.24) is 19.7 Å². The molecule has 0 radical (unpaired) electrons. The average Bonchev–Trinajstić information content (AvgIpc) is 3.07. The fourth-order valence-corrected chi connectivity index (χ4v) is 2.58. The maximum atomic E-state index is 14.1. The van der Waals surface area contributed by atoms with Crippen molar-refractivity contribution >= 4 is 22.5 Å². The second kappa shape index (κ2) is 6.20. The van der Waals surface area contributed by atoms with E-state index in [4.69, 9.17) is 4.74 Å². The molecule has 6 nitrogen and oxygen atoms in total. The second-order valence-corrected chi connectivity index (χ2v) is 5.32. The quantitative estimate of drug-likeness (QED) is 0.616. The van der Waals surface area contributed by atoms with Gasteiger partial charge in [0.1, 0.15) is 29.4 Å². The Morgan fingerprint density at radius 2 is 1.96 bits per heavy atom. The molecule has 0 saturated carbocycles. The number of rotatable bonds is 4. The first kappa shape index (κ1) is 15.1. The molecule has 0 saturated heterocycles. The van der Waals surface area contributed by atoms with Gasteiger partial charge in [0.25, 0.3) is 0 Å². The van der Waals surface area contributed by atoms with E-state index in [1.807, 2.05) is 24.3 Å². The molecule has 0 aliphatic heterocycles. The first-order valence-corrected chi connectivity index (χ1v) is 7.61. The number of nitrogens with one attached hydrogen (secondary N) is 1. The van der Waals surface area contributed by atoms with Crippen LogP contribution < -0.4 is 10.1 Å². The van der Waals surface area contributed by atoms with Gasteiger partial charge in [-0.1, -0.05) is 18.2 Å². The van der Waals surface area contributed by atoms with Gasteiger partial charge in [-0.25, -0.2) is 19.0 Å². The van der Waals surface area contributed by atoms with E-state index in [2.05, 4.69) is 20.4 Å². The predicted molar refractivity (Wildman–Crippen MR) is 92.9 cm³/mol. The lowest BCUT2D eigenvalue weighted by atomic mass is 10.3. The molecule has 4 rings (SSSR count). The molecule has 2 heterocycles. The fraction of sp³-hybridized carbons (Fsp3) is 0.0556. The predicted octanol–water partition coefficient (Wildman–Crippen LogP) is 3.71. The summed E-state index contributed by atoms with van der Waals surface area (Å²) in [5.41, 5.74) is 1.67. The normalized spacial score (nSPS) is 10.8. The van der Waals surface area contributed by atoms with Crippen molar-refractivity contribution in [3.63, 3.8) is 0 Å². The number of nitrogens with zero attached hydrogens (tertiary/aromatic N) is 4. The highest BCUT2D eigenvalue weighted by molar-refractivity contribution is 5.89. The number of aromatic nitrogens is 4. The Bertz CT molecular complexity index is 1050. The van der Waals surface area contributed by atoms with Gasteiger partial charge in [-0.2, -0.15) is 5.10 Å². The Kier molecular flexibility index (Phi) is 3.74. The summed E-state index contributed by atoms with van der Waals surface area (Å²) >= 11 is 0. The first-order chi connectivity index (χ1) is 12.3. The number of methoxy groups -OCH3 is 1. The zero-order chi connectivity index (χ0) is 17.2. The van der Waals surface area contributed by atoms with Crippen LogP contribution >= 0.6 is 0 Å². The number of hydrogen-bond donors (Lipinski definition) is 1. The topological polar surface area (TPSA) is 64.9 Å². The van der Waals surface area contributed by atoms with Crippen LogP contribution in [0.25, 0.3) is 16.7 Å². The van der Waals surface area contributed by atoms with Gasteiger partial charge in [0, 0.05) is 11.8 Å². The molecule has 7 heteroatoms. The van der Waals surface area contributed by atoms with Crippen LogP contribution in [-0.4, -0.2) is 26.9 Å². The Morgan fingerprint density at radius 1 is 1.08 bits per heavy atom.